The van der Waals surface area contributed by atoms with Crippen LogP contribution >= 0.6 is 0 Å². The molecule has 1 aromatic heterocycles. The van der Waals surface area contributed by atoms with Gasteiger partial charge in [0.2, 0.25) is 5.95 Å². The van der Waals surface area contributed by atoms with Crippen molar-refractivity contribution in [3.05, 3.63) is 17.5 Å². The van der Waals surface area contributed by atoms with Crippen LogP contribution in [0, 0.1) is 0 Å². The highest BCUT2D eigenvalue weighted by molar-refractivity contribution is 5.32. The van der Waals surface area contributed by atoms with Crippen LogP contribution < -0.4 is 10.6 Å². The first kappa shape index (κ1) is 9.40. The standard InChI is InChI=1S/C10H16N4/c1-11-8-4-3-5-9-7(8)6-13-10(12-2)14-9/h6,8,11H,3-5H2,1-2H3,(H,12,13,14). The van der Waals surface area contributed by atoms with Crippen LogP contribution in [0.5, 0.6) is 0 Å². The quantitative estimate of drug-likeness (QED) is 0.737. The summed E-state index contributed by atoms with van der Waals surface area (Å²) in [5, 5.41) is 6.26. The summed E-state index contributed by atoms with van der Waals surface area (Å²) in [6, 6.07) is 0.435. The molecule has 0 saturated heterocycles. The van der Waals surface area contributed by atoms with Crippen LogP contribution in [-0.2, 0) is 6.42 Å². The average Bonchev–Trinajstić information content (AvgIpc) is 2.27. The molecular formula is C10H16N4. The molecule has 2 N–H and O–H groups in total. The molecule has 0 aliphatic heterocycles. The van der Waals surface area contributed by atoms with Crippen molar-refractivity contribution < 1.29 is 0 Å². The molecule has 0 radical (unpaired) electrons. The van der Waals surface area contributed by atoms with Gasteiger partial charge in [-0.05, 0) is 26.3 Å². The van der Waals surface area contributed by atoms with E-state index in [1.807, 2.05) is 20.3 Å². The predicted molar refractivity (Wildman–Crippen MR) is 56.3 cm³/mol. The minimum Gasteiger partial charge on any atom is -0.357 e. The van der Waals surface area contributed by atoms with Gasteiger partial charge >= 0.3 is 0 Å². The fourth-order valence-electron chi connectivity index (χ4n) is 1.97. The molecule has 0 spiro atoms. The van der Waals surface area contributed by atoms with Crippen molar-refractivity contribution in [2.75, 3.05) is 19.4 Å². The summed E-state index contributed by atoms with van der Waals surface area (Å²) in [7, 11) is 3.84. The molecule has 1 heterocycles. The molecule has 4 heteroatoms. The molecule has 0 fully saturated rings. The van der Waals surface area contributed by atoms with E-state index in [1.165, 1.54) is 24.1 Å². The van der Waals surface area contributed by atoms with Gasteiger partial charge in [0.05, 0.1) is 5.69 Å². The Kier molecular flexibility index (Phi) is 2.63. The van der Waals surface area contributed by atoms with E-state index in [0.717, 1.165) is 12.4 Å². The van der Waals surface area contributed by atoms with Crippen molar-refractivity contribution >= 4 is 5.95 Å². The van der Waals surface area contributed by atoms with Crippen molar-refractivity contribution in [2.45, 2.75) is 25.3 Å². The summed E-state index contributed by atoms with van der Waals surface area (Å²) >= 11 is 0. The third-order valence-corrected chi connectivity index (χ3v) is 2.75. The van der Waals surface area contributed by atoms with Crippen molar-refractivity contribution in [3.63, 3.8) is 0 Å². The van der Waals surface area contributed by atoms with E-state index in [9.17, 15) is 0 Å². The number of fused-ring (bicyclic) bond motifs is 1. The highest BCUT2D eigenvalue weighted by Crippen LogP contribution is 2.27. The van der Waals surface area contributed by atoms with Crippen LogP contribution in [0.3, 0.4) is 0 Å². The van der Waals surface area contributed by atoms with Gasteiger partial charge in [-0.2, -0.15) is 0 Å². The fourth-order valence-corrected chi connectivity index (χ4v) is 1.97. The topological polar surface area (TPSA) is 49.8 Å². The second-order valence-electron chi connectivity index (χ2n) is 3.58. The summed E-state index contributed by atoms with van der Waals surface area (Å²) in [6.07, 6.45) is 5.41. The first-order valence-electron chi connectivity index (χ1n) is 5.06. The molecular weight excluding hydrogens is 176 g/mol. The third-order valence-electron chi connectivity index (χ3n) is 2.75. The largest absolute Gasteiger partial charge is 0.357 e. The molecule has 76 valence electrons. The van der Waals surface area contributed by atoms with Gasteiger partial charge in [-0.1, -0.05) is 0 Å². The molecule has 1 aliphatic rings. The van der Waals surface area contributed by atoms with Crippen LogP contribution in [0.4, 0.5) is 5.95 Å². The Morgan fingerprint density at radius 3 is 3.00 bits per heavy atom. The maximum absolute atomic E-state index is 4.47. The van der Waals surface area contributed by atoms with Gasteiger partial charge in [0.15, 0.2) is 0 Å². The Labute approximate surface area is 84.2 Å². The van der Waals surface area contributed by atoms with Gasteiger partial charge in [-0.15, -0.1) is 0 Å². The predicted octanol–water partition coefficient (Wildman–Crippen LogP) is 1.12. The van der Waals surface area contributed by atoms with Gasteiger partial charge < -0.3 is 10.6 Å². The van der Waals surface area contributed by atoms with Gasteiger partial charge in [0.25, 0.3) is 0 Å². The lowest BCUT2D eigenvalue weighted by molar-refractivity contribution is 0.488. The lowest BCUT2D eigenvalue weighted by Gasteiger charge is -2.23. The van der Waals surface area contributed by atoms with E-state index in [-0.39, 0.29) is 0 Å². The summed E-state index contributed by atoms with van der Waals surface area (Å²) in [5.74, 6) is 0.723. The number of hydrogen-bond acceptors (Lipinski definition) is 4. The Morgan fingerprint density at radius 2 is 2.29 bits per heavy atom. The SMILES string of the molecule is CNc1ncc2c(n1)CCCC2NC. The third kappa shape index (κ3) is 1.57. The number of aryl methyl sites for hydroxylation is 1. The zero-order valence-electron chi connectivity index (χ0n) is 8.67. The lowest BCUT2D eigenvalue weighted by Crippen LogP contribution is -2.23. The first-order chi connectivity index (χ1) is 6.85. The monoisotopic (exact) mass is 192 g/mol. The Balaban J connectivity index is 2.35. The Bertz CT molecular complexity index is 324. The van der Waals surface area contributed by atoms with E-state index in [4.69, 9.17) is 0 Å². The molecule has 14 heavy (non-hydrogen) atoms. The van der Waals surface area contributed by atoms with Gasteiger partial charge in [-0.25, -0.2) is 9.97 Å². The van der Waals surface area contributed by atoms with Crippen LogP contribution in [0.2, 0.25) is 0 Å². The molecule has 0 aromatic carbocycles. The van der Waals surface area contributed by atoms with Crippen molar-refractivity contribution in [1.29, 1.82) is 0 Å². The van der Waals surface area contributed by atoms with Crippen molar-refractivity contribution in [2.24, 2.45) is 0 Å². The molecule has 1 atom stereocenters. The van der Waals surface area contributed by atoms with E-state index in [0.29, 0.717) is 6.04 Å². The highest BCUT2D eigenvalue weighted by Gasteiger charge is 2.20. The minimum absolute atomic E-state index is 0.435. The molecule has 1 aliphatic carbocycles. The normalized spacial score (nSPS) is 20.3. The molecule has 0 amide bonds. The highest BCUT2D eigenvalue weighted by atomic mass is 15.1. The zero-order valence-corrected chi connectivity index (χ0v) is 8.67. The van der Waals surface area contributed by atoms with Crippen LogP contribution in [0.15, 0.2) is 6.20 Å². The summed E-state index contributed by atoms with van der Waals surface area (Å²) < 4.78 is 0. The fraction of sp³-hybridized carbons (Fsp3) is 0.600. The number of aromatic nitrogens is 2. The maximum Gasteiger partial charge on any atom is 0.222 e. The molecule has 0 saturated carbocycles. The van der Waals surface area contributed by atoms with Gasteiger partial charge in [0, 0.05) is 24.8 Å². The smallest absolute Gasteiger partial charge is 0.222 e. The number of nitrogens with one attached hydrogen (secondary N) is 2. The maximum atomic E-state index is 4.47. The van der Waals surface area contributed by atoms with E-state index in [2.05, 4.69) is 20.6 Å². The summed E-state index contributed by atoms with van der Waals surface area (Å²) in [6.45, 7) is 0. The van der Waals surface area contributed by atoms with Crippen LogP contribution in [-0.4, -0.2) is 24.1 Å². The zero-order chi connectivity index (χ0) is 9.97. The van der Waals surface area contributed by atoms with Crippen molar-refractivity contribution in [3.8, 4) is 0 Å². The Hall–Kier alpha value is -1.16. The number of nitrogens with zero attached hydrogens (tertiary/aromatic N) is 2. The number of rotatable bonds is 2. The molecule has 1 aromatic rings. The summed E-state index contributed by atoms with van der Waals surface area (Å²) in [5.41, 5.74) is 2.45. The lowest BCUT2D eigenvalue weighted by atomic mass is 9.93. The van der Waals surface area contributed by atoms with E-state index in [1.54, 1.807) is 0 Å². The molecule has 4 nitrogen and oxygen atoms in total. The molecule has 1 unspecified atom stereocenters. The second-order valence-corrected chi connectivity index (χ2v) is 3.58. The Morgan fingerprint density at radius 1 is 1.43 bits per heavy atom. The molecule has 0 bridgehead atoms. The van der Waals surface area contributed by atoms with Gasteiger partial charge in [0.1, 0.15) is 0 Å². The van der Waals surface area contributed by atoms with Crippen LogP contribution in [0.25, 0.3) is 0 Å². The number of hydrogen-bond donors (Lipinski definition) is 2. The number of anilines is 1. The second kappa shape index (κ2) is 3.92. The minimum atomic E-state index is 0.435. The van der Waals surface area contributed by atoms with E-state index >= 15 is 0 Å². The average molecular weight is 192 g/mol. The van der Waals surface area contributed by atoms with Crippen LogP contribution in [0.1, 0.15) is 30.1 Å². The first-order valence-corrected chi connectivity index (χ1v) is 5.06. The van der Waals surface area contributed by atoms with E-state index < -0.39 is 0 Å². The van der Waals surface area contributed by atoms with Crippen molar-refractivity contribution in [1.82, 2.24) is 15.3 Å². The summed E-state index contributed by atoms with van der Waals surface area (Å²) in [4.78, 5) is 8.71. The van der Waals surface area contributed by atoms with Gasteiger partial charge in [-0.3, -0.25) is 0 Å². The molecule has 2 rings (SSSR count).